The van der Waals surface area contributed by atoms with Crippen LogP contribution in [0.2, 0.25) is 10.0 Å². The highest BCUT2D eigenvalue weighted by Gasteiger charge is 2.42. The van der Waals surface area contributed by atoms with Crippen LogP contribution in [0.25, 0.3) is 0 Å². The Morgan fingerprint density at radius 1 is 1.26 bits per heavy atom. The van der Waals surface area contributed by atoms with E-state index in [1.165, 1.54) is 6.08 Å². The maximum atomic E-state index is 13.9. The molecule has 0 radical (unpaired) electrons. The van der Waals surface area contributed by atoms with Gasteiger partial charge in [-0.1, -0.05) is 47.0 Å². The second-order valence-corrected chi connectivity index (χ2v) is 9.76. The summed E-state index contributed by atoms with van der Waals surface area (Å²) in [6.45, 7) is 7.31. The molecule has 0 amide bonds. The normalized spacial score (nSPS) is 16.2. The zero-order valence-corrected chi connectivity index (χ0v) is 21.1. The third-order valence-electron chi connectivity index (χ3n) is 5.77. The number of nitrogens with one attached hydrogen (secondary N) is 1. The number of alkyl halides is 2. The Hall–Kier alpha value is -2.44. The molecule has 0 fully saturated rings. The molecule has 0 saturated carbocycles. The van der Waals surface area contributed by atoms with Crippen LogP contribution < -0.4 is 10.1 Å². The molecule has 0 aliphatic heterocycles. The van der Waals surface area contributed by atoms with E-state index in [9.17, 15) is 13.6 Å². The van der Waals surface area contributed by atoms with Crippen LogP contribution in [0.1, 0.15) is 44.9 Å². The first-order valence-electron chi connectivity index (χ1n) is 11.0. The third-order valence-corrected chi connectivity index (χ3v) is 6.27. The molecule has 0 bridgehead atoms. The Balaban J connectivity index is 1.56. The summed E-state index contributed by atoms with van der Waals surface area (Å²) in [5.74, 6) is -4.78. The molecule has 1 aliphatic carbocycles. The van der Waals surface area contributed by atoms with Crippen molar-refractivity contribution in [3.8, 4) is 5.75 Å². The van der Waals surface area contributed by atoms with Crippen molar-refractivity contribution in [3.63, 3.8) is 0 Å². The van der Waals surface area contributed by atoms with Crippen LogP contribution in [0.15, 0.2) is 54.3 Å². The number of aryl methyl sites for hydroxylation is 1. The average molecular weight is 509 g/mol. The van der Waals surface area contributed by atoms with E-state index in [-0.39, 0.29) is 6.42 Å². The summed E-state index contributed by atoms with van der Waals surface area (Å²) >= 11 is 12.3. The van der Waals surface area contributed by atoms with Gasteiger partial charge < -0.3 is 10.1 Å². The molecule has 0 saturated heterocycles. The first-order chi connectivity index (χ1) is 15.9. The number of nitrogens with zero attached hydrogens (tertiary/aromatic N) is 1. The molecule has 1 heterocycles. The van der Waals surface area contributed by atoms with Gasteiger partial charge in [-0.2, -0.15) is 8.78 Å². The number of carbonyl (C=O) groups excluding carboxylic acids is 1. The number of anilines is 1. The van der Waals surface area contributed by atoms with Crippen molar-refractivity contribution in [2.24, 2.45) is 5.92 Å². The summed E-state index contributed by atoms with van der Waals surface area (Å²) in [5.41, 5.74) is 2.66. The van der Waals surface area contributed by atoms with Crippen LogP contribution in [0.5, 0.6) is 5.75 Å². The predicted molar refractivity (Wildman–Crippen MR) is 133 cm³/mol. The van der Waals surface area contributed by atoms with E-state index in [2.05, 4.69) is 10.3 Å². The molecule has 1 aromatic carbocycles. The van der Waals surface area contributed by atoms with Crippen molar-refractivity contribution in [2.75, 3.05) is 11.9 Å². The van der Waals surface area contributed by atoms with Crippen LogP contribution in [0.3, 0.4) is 0 Å². The summed E-state index contributed by atoms with van der Waals surface area (Å²) < 4.78 is 34.0. The molecule has 34 heavy (non-hydrogen) atoms. The minimum absolute atomic E-state index is 0.159. The lowest BCUT2D eigenvalue weighted by molar-refractivity contribution is -0.146. The zero-order valence-electron chi connectivity index (χ0n) is 19.6. The predicted octanol–water partition coefficient (Wildman–Crippen LogP) is 7.54. The van der Waals surface area contributed by atoms with Gasteiger partial charge in [0, 0.05) is 25.4 Å². The molecule has 1 unspecified atom stereocenters. The molecule has 1 atom stereocenters. The van der Waals surface area contributed by atoms with E-state index >= 15 is 0 Å². The number of pyridine rings is 1. The summed E-state index contributed by atoms with van der Waals surface area (Å²) in [5, 5.41) is 4.25. The summed E-state index contributed by atoms with van der Waals surface area (Å²) in [6, 6.07) is 7.43. The van der Waals surface area contributed by atoms with Crippen molar-refractivity contribution in [1.82, 2.24) is 4.98 Å². The van der Waals surface area contributed by atoms with Gasteiger partial charge in [-0.05, 0) is 63.4 Å². The van der Waals surface area contributed by atoms with Gasteiger partial charge >= 0.3 is 5.92 Å². The molecule has 3 rings (SSSR count). The number of ketones is 1. The summed E-state index contributed by atoms with van der Waals surface area (Å²) in [4.78, 5) is 15.5. The lowest BCUT2D eigenvalue weighted by atomic mass is 9.88. The Morgan fingerprint density at radius 2 is 2.00 bits per heavy atom. The molecule has 0 spiro atoms. The molecule has 182 valence electrons. The summed E-state index contributed by atoms with van der Waals surface area (Å²) in [7, 11) is 0. The number of carbonyl (C=O) groups is 1. The number of Topliss-reactive ketones (excluding diaryl/α,β-unsaturated/α-hetero) is 1. The second-order valence-electron chi connectivity index (χ2n) is 8.91. The first-order valence-corrected chi connectivity index (χ1v) is 11.8. The molecule has 4 nitrogen and oxygen atoms in total. The van der Waals surface area contributed by atoms with Crippen LogP contribution in [0, 0.1) is 12.8 Å². The van der Waals surface area contributed by atoms with E-state index in [4.69, 9.17) is 27.9 Å². The van der Waals surface area contributed by atoms with Gasteiger partial charge in [-0.3, -0.25) is 9.78 Å². The number of hydrogen-bond donors (Lipinski definition) is 1. The van der Waals surface area contributed by atoms with E-state index < -0.39 is 23.2 Å². The smallest absolute Gasteiger partial charge is 0.311 e. The van der Waals surface area contributed by atoms with Crippen molar-refractivity contribution < 1.29 is 18.3 Å². The van der Waals surface area contributed by atoms with Gasteiger partial charge in [-0.25, -0.2) is 0 Å². The number of rotatable bonds is 9. The molecular weight excluding hydrogens is 481 g/mol. The molecular formula is C26H28Cl2F2N2O2. The fraction of sp³-hybridized carbons (Fsp3) is 0.385. The Bertz CT molecular complexity index is 1130. The van der Waals surface area contributed by atoms with Gasteiger partial charge in [0.25, 0.3) is 0 Å². The topological polar surface area (TPSA) is 51.2 Å². The molecule has 8 heteroatoms. The Kier molecular flexibility index (Phi) is 8.04. The highest BCUT2D eigenvalue weighted by atomic mass is 35.5. The van der Waals surface area contributed by atoms with Gasteiger partial charge in [0.05, 0.1) is 16.0 Å². The lowest BCUT2D eigenvalue weighted by Crippen LogP contribution is -2.35. The number of aromatic nitrogens is 1. The molecule has 2 aromatic rings. The van der Waals surface area contributed by atoms with Crippen molar-refractivity contribution >= 4 is 34.7 Å². The quantitative estimate of drug-likeness (QED) is 0.380. The minimum atomic E-state index is -3.32. The van der Waals surface area contributed by atoms with Crippen molar-refractivity contribution in [1.29, 1.82) is 0 Å². The van der Waals surface area contributed by atoms with Crippen LogP contribution in [0.4, 0.5) is 14.5 Å². The van der Waals surface area contributed by atoms with Crippen LogP contribution >= 0.6 is 23.2 Å². The number of benzene rings is 1. The molecule has 1 N–H and O–H groups in total. The number of hydrogen-bond acceptors (Lipinski definition) is 4. The lowest BCUT2D eigenvalue weighted by Gasteiger charge is -2.28. The third kappa shape index (κ3) is 6.16. The fourth-order valence-corrected chi connectivity index (χ4v) is 4.39. The van der Waals surface area contributed by atoms with E-state index in [0.717, 1.165) is 23.7 Å². The Morgan fingerprint density at radius 3 is 2.59 bits per heavy atom. The first kappa shape index (κ1) is 26.2. The van der Waals surface area contributed by atoms with Gasteiger partial charge in [0.1, 0.15) is 17.0 Å². The van der Waals surface area contributed by atoms with Gasteiger partial charge in [0.15, 0.2) is 5.78 Å². The van der Waals surface area contributed by atoms with Crippen LogP contribution in [-0.4, -0.2) is 23.2 Å². The number of halogens is 4. The minimum Gasteiger partial charge on any atom is -0.481 e. The van der Waals surface area contributed by atoms with E-state index in [0.29, 0.717) is 34.5 Å². The van der Waals surface area contributed by atoms with Crippen LogP contribution in [-0.2, 0) is 10.4 Å². The number of allylic oxidation sites excluding steroid dienone is 3. The highest BCUT2D eigenvalue weighted by molar-refractivity contribution is 6.34. The maximum absolute atomic E-state index is 13.9. The van der Waals surface area contributed by atoms with Gasteiger partial charge in [-0.15, -0.1) is 0 Å². The monoisotopic (exact) mass is 508 g/mol. The second kappa shape index (κ2) is 10.4. The zero-order chi connectivity index (χ0) is 25.1. The fourth-order valence-electron chi connectivity index (χ4n) is 3.79. The largest absolute Gasteiger partial charge is 0.481 e. The average Bonchev–Trinajstić information content (AvgIpc) is 2.75. The Labute approximate surface area is 209 Å². The van der Waals surface area contributed by atoms with E-state index in [1.807, 2.05) is 39.0 Å². The van der Waals surface area contributed by atoms with Crippen molar-refractivity contribution in [3.05, 3.63) is 75.6 Å². The standard InChI is InChI=1S/C26H28Cl2F2N2O2/c1-16-13-21(31-12-11-18-5-7-19(8-6-18)26(29,30)17(2)33)9-10-23(16)34-25(3,4)24-22(28)14-20(27)15-32-24/h5-7,9-10,13-15,19,31H,8,11-12H2,1-4H3. The molecule has 1 aliphatic rings. The van der Waals surface area contributed by atoms with E-state index in [1.54, 1.807) is 24.4 Å². The SMILES string of the molecule is CC(=O)C(F)(F)C1C=CC(CCNc2ccc(OC(C)(C)c3ncc(Cl)cc3Cl)c(C)c2)=CC1. The van der Waals surface area contributed by atoms with Gasteiger partial charge in [0.2, 0.25) is 0 Å². The summed E-state index contributed by atoms with van der Waals surface area (Å²) in [6.07, 6.45) is 7.29. The van der Waals surface area contributed by atoms with Crippen molar-refractivity contribution in [2.45, 2.75) is 52.1 Å². The highest BCUT2D eigenvalue weighted by Crippen LogP contribution is 2.35. The molecule has 1 aromatic heterocycles. The maximum Gasteiger partial charge on any atom is 0.311 e. The number of ether oxygens (including phenoxy) is 1.